The first-order valence-electron chi connectivity index (χ1n) is 5.86. The van der Waals surface area contributed by atoms with Gasteiger partial charge in [-0.15, -0.1) is 11.3 Å². The van der Waals surface area contributed by atoms with Crippen molar-refractivity contribution in [3.05, 3.63) is 56.8 Å². The van der Waals surface area contributed by atoms with Gasteiger partial charge < -0.3 is 5.11 Å². The fourth-order valence-electron chi connectivity index (χ4n) is 2.14. The van der Waals surface area contributed by atoms with Crippen LogP contribution in [-0.2, 0) is 6.42 Å². The largest absolute Gasteiger partial charge is 0.387 e. The Hall–Kier alpha value is -1.12. The Kier molecular flexibility index (Phi) is 3.65. The van der Waals surface area contributed by atoms with Crippen molar-refractivity contribution in [2.75, 3.05) is 0 Å². The summed E-state index contributed by atoms with van der Waals surface area (Å²) in [5, 5.41) is 10.2. The van der Waals surface area contributed by atoms with Crippen molar-refractivity contribution in [3.63, 3.8) is 0 Å². The first kappa shape index (κ1) is 12.3. The molecule has 0 saturated heterocycles. The molecule has 2 rings (SSSR count). The van der Waals surface area contributed by atoms with Gasteiger partial charge >= 0.3 is 0 Å². The summed E-state index contributed by atoms with van der Waals surface area (Å²) in [5.41, 5.74) is 3.73. The smallest absolute Gasteiger partial charge is 0.0922 e. The molecule has 2 heteroatoms. The number of aliphatic hydroxyl groups excluding tert-OH is 1. The van der Waals surface area contributed by atoms with Gasteiger partial charge in [-0.2, -0.15) is 0 Å². The second kappa shape index (κ2) is 5.03. The lowest BCUT2D eigenvalue weighted by atomic mass is 10.0. The van der Waals surface area contributed by atoms with E-state index in [1.165, 1.54) is 21.6 Å². The standard InChI is InChI=1S/C15H18OS/c1-10-6-11(2)8-13(7-10)9-14(16)15-5-4-12(3)17-15/h4-8,14,16H,9H2,1-3H3. The Labute approximate surface area is 107 Å². The van der Waals surface area contributed by atoms with Crippen molar-refractivity contribution in [1.29, 1.82) is 0 Å². The average molecular weight is 246 g/mol. The molecule has 0 radical (unpaired) electrons. The molecule has 0 saturated carbocycles. The Morgan fingerprint density at radius 1 is 1.06 bits per heavy atom. The maximum Gasteiger partial charge on any atom is 0.0922 e. The van der Waals surface area contributed by atoms with Gasteiger partial charge in [0, 0.05) is 16.2 Å². The van der Waals surface area contributed by atoms with Gasteiger partial charge in [0.05, 0.1) is 6.10 Å². The Balaban J connectivity index is 2.15. The predicted molar refractivity (Wildman–Crippen MR) is 73.6 cm³/mol. The van der Waals surface area contributed by atoms with Gasteiger partial charge in [-0.3, -0.25) is 0 Å². The summed E-state index contributed by atoms with van der Waals surface area (Å²) >= 11 is 1.67. The lowest BCUT2D eigenvalue weighted by molar-refractivity contribution is 0.182. The van der Waals surface area contributed by atoms with Crippen LogP contribution in [0.2, 0.25) is 0 Å². The second-order valence-corrected chi connectivity index (χ2v) is 5.98. The van der Waals surface area contributed by atoms with E-state index in [4.69, 9.17) is 0 Å². The molecule has 90 valence electrons. The zero-order chi connectivity index (χ0) is 12.4. The van der Waals surface area contributed by atoms with Crippen molar-refractivity contribution < 1.29 is 5.11 Å². The van der Waals surface area contributed by atoms with Crippen molar-refractivity contribution in [3.8, 4) is 0 Å². The fourth-order valence-corrected chi connectivity index (χ4v) is 3.01. The van der Waals surface area contributed by atoms with Crippen LogP contribution < -0.4 is 0 Å². The molecular weight excluding hydrogens is 228 g/mol. The zero-order valence-corrected chi connectivity index (χ0v) is 11.3. The molecular formula is C15H18OS. The molecule has 1 unspecified atom stereocenters. The second-order valence-electron chi connectivity index (χ2n) is 4.66. The third-order valence-electron chi connectivity index (χ3n) is 2.80. The number of aryl methyl sites for hydroxylation is 3. The normalized spacial score (nSPS) is 12.7. The van der Waals surface area contributed by atoms with Crippen molar-refractivity contribution >= 4 is 11.3 Å². The number of hydrogen-bond donors (Lipinski definition) is 1. The summed E-state index contributed by atoms with van der Waals surface area (Å²) in [4.78, 5) is 2.31. The van der Waals surface area contributed by atoms with Gasteiger partial charge in [0.2, 0.25) is 0 Å². The molecule has 2 aromatic rings. The summed E-state index contributed by atoms with van der Waals surface area (Å²) in [6, 6.07) is 10.5. The average Bonchev–Trinajstić information content (AvgIpc) is 2.63. The van der Waals surface area contributed by atoms with Crippen molar-refractivity contribution in [2.24, 2.45) is 0 Å². The van der Waals surface area contributed by atoms with Crippen LogP contribution in [0.3, 0.4) is 0 Å². The van der Waals surface area contributed by atoms with Gasteiger partial charge in [-0.05, 0) is 38.5 Å². The third kappa shape index (κ3) is 3.18. The number of rotatable bonds is 3. The Bertz CT molecular complexity index is 493. The van der Waals surface area contributed by atoms with Crippen LogP contribution in [0, 0.1) is 20.8 Å². The van der Waals surface area contributed by atoms with Crippen LogP contribution in [0.25, 0.3) is 0 Å². The Morgan fingerprint density at radius 3 is 2.24 bits per heavy atom. The van der Waals surface area contributed by atoms with E-state index in [2.05, 4.69) is 45.0 Å². The number of hydrogen-bond acceptors (Lipinski definition) is 2. The first-order valence-corrected chi connectivity index (χ1v) is 6.68. The third-order valence-corrected chi connectivity index (χ3v) is 3.90. The molecule has 1 aromatic carbocycles. The van der Waals surface area contributed by atoms with Crippen molar-refractivity contribution in [1.82, 2.24) is 0 Å². The van der Waals surface area contributed by atoms with Crippen LogP contribution in [-0.4, -0.2) is 5.11 Å². The van der Waals surface area contributed by atoms with E-state index in [0.717, 1.165) is 4.88 Å². The van der Waals surface area contributed by atoms with Gasteiger partial charge in [-0.25, -0.2) is 0 Å². The minimum absolute atomic E-state index is 0.380. The molecule has 0 aliphatic heterocycles. The molecule has 0 aliphatic rings. The highest BCUT2D eigenvalue weighted by Gasteiger charge is 2.10. The van der Waals surface area contributed by atoms with E-state index in [1.807, 2.05) is 6.07 Å². The molecule has 0 bridgehead atoms. The summed E-state index contributed by atoms with van der Waals surface area (Å²) in [7, 11) is 0. The Morgan fingerprint density at radius 2 is 1.71 bits per heavy atom. The van der Waals surface area contributed by atoms with E-state index in [1.54, 1.807) is 11.3 Å². The van der Waals surface area contributed by atoms with Gasteiger partial charge in [0.15, 0.2) is 0 Å². The lowest BCUT2D eigenvalue weighted by Gasteiger charge is -2.10. The topological polar surface area (TPSA) is 20.2 Å². The number of aliphatic hydroxyl groups is 1. The quantitative estimate of drug-likeness (QED) is 0.869. The molecule has 0 amide bonds. The van der Waals surface area contributed by atoms with Crippen molar-refractivity contribution in [2.45, 2.75) is 33.3 Å². The maximum atomic E-state index is 10.2. The fraction of sp³-hybridized carbons (Fsp3) is 0.333. The van der Waals surface area contributed by atoms with E-state index >= 15 is 0 Å². The molecule has 1 N–H and O–H groups in total. The van der Waals surface area contributed by atoms with E-state index < -0.39 is 0 Å². The van der Waals surface area contributed by atoms with Gasteiger partial charge in [0.1, 0.15) is 0 Å². The van der Waals surface area contributed by atoms with E-state index in [9.17, 15) is 5.11 Å². The molecule has 1 atom stereocenters. The van der Waals surface area contributed by atoms with Crippen LogP contribution in [0.5, 0.6) is 0 Å². The van der Waals surface area contributed by atoms with Crippen LogP contribution in [0.4, 0.5) is 0 Å². The summed E-state index contributed by atoms with van der Waals surface area (Å²) in [5.74, 6) is 0. The summed E-state index contributed by atoms with van der Waals surface area (Å²) in [6.07, 6.45) is 0.317. The molecule has 1 heterocycles. The molecule has 0 fully saturated rings. The monoisotopic (exact) mass is 246 g/mol. The van der Waals surface area contributed by atoms with Crippen LogP contribution in [0.15, 0.2) is 30.3 Å². The van der Waals surface area contributed by atoms with Crippen LogP contribution in [0.1, 0.15) is 32.5 Å². The minimum Gasteiger partial charge on any atom is -0.387 e. The van der Waals surface area contributed by atoms with E-state index in [-0.39, 0.29) is 6.10 Å². The highest BCUT2D eigenvalue weighted by Crippen LogP contribution is 2.26. The summed E-state index contributed by atoms with van der Waals surface area (Å²) in [6.45, 7) is 6.26. The zero-order valence-electron chi connectivity index (χ0n) is 10.5. The number of benzene rings is 1. The van der Waals surface area contributed by atoms with Gasteiger partial charge in [-0.1, -0.05) is 29.3 Å². The van der Waals surface area contributed by atoms with Gasteiger partial charge in [0.25, 0.3) is 0 Å². The predicted octanol–water partition coefficient (Wildman–Crippen LogP) is 3.95. The van der Waals surface area contributed by atoms with Crippen LogP contribution >= 0.6 is 11.3 Å². The number of thiophene rings is 1. The lowest BCUT2D eigenvalue weighted by Crippen LogP contribution is -2.00. The molecule has 1 nitrogen and oxygen atoms in total. The SMILES string of the molecule is Cc1cc(C)cc(CC(O)c2ccc(C)s2)c1. The molecule has 17 heavy (non-hydrogen) atoms. The molecule has 0 spiro atoms. The highest BCUT2D eigenvalue weighted by molar-refractivity contribution is 7.12. The first-order chi connectivity index (χ1) is 8.04. The minimum atomic E-state index is -0.380. The van der Waals surface area contributed by atoms with E-state index in [0.29, 0.717) is 6.42 Å². The highest BCUT2D eigenvalue weighted by atomic mass is 32.1. The molecule has 1 aromatic heterocycles. The summed E-state index contributed by atoms with van der Waals surface area (Å²) < 4.78 is 0. The maximum absolute atomic E-state index is 10.2. The molecule has 0 aliphatic carbocycles.